The number of aryl methyl sites for hydroxylation is 1. The van der Waals surface area contributed by atoms with Crippen LogP contribution < -0.4 is 5.48 Å². The van der Waals surface area contributed by atoms with E-state index in [2.05, 4.69) is 10.6 Å². The van der Waals surface area contributed by atoms with Gasteiger partial charge in [-0.3, -0.25) is 9.48 Å². The van der Waals surface area contributed by atoms with E-state index in [1.807, 2.05) is 22.6 Å². The van der Waals surface area contributed by atoms with E-state index in [4.69, 9.17) is 9.57 Å². The number of benzene rings is 1. The number of fused-ring (bicyclic) bond motifs is 1. The first-order chi connectivity index (χ1) is 13.6. The lowest BCUT2D eigenvalue weighted by Crippen LogP contribution is -2.51. The second-order valence-corrected chi connectivity index (χ2v) is 10.9. The van der Waals surface area contributed by atoms with E-state index in [0.717, 1.165) is 19.1 Å². The number of nitrogens with zero attached hydrogens (tertiary/aromatic N) is 2. The van der Waals surface area contributed by atoms with Crippen LogP contribution in [0.3, 0.4) is 0 Å². The lowest BCUT2D eigenvalue weighted by molar-refractivity contribution is -0.201. The lowest BCUT2D eigenvalue weighted by atomic mass is 10.1. The normalized spacial score (nSPS) is 19.8. The monoisotopic (exact) mass is 539 g/mol. The number of hydroxylamine groups is 1. The van der Waals surface area contributed by atoms with Gasteiger partial charge in [0.2, 0.25) is 0 Å². The van der Waals surface area contributed by atoms with Crippen molar-refractivity contribution >= 4 is 49.2 Å². The third kappa shape index (κ3) is 4.72. The molecular formula is C18H23FIN3O5S. The highest BCUT2D eigenvalue weighted by molar-refractivity contribution is 14.1. The summed E-state index contributed by atoms with van der Waals surface area (Å²) in [6, 6.07) is 3.34. The van der Waals surface area contributed by atoms with Gasteiger partial charge in [0.15, 0.2) is 20.9 Å². The zero-order valence-electron chi connectivity index (χ0n) is 16.2. The van der Waals surface area contributed by atoms with Gasteiger partial charge in [-0.25, -0.2) is 23.1 Å². The third-order valence-corrected chi connectivity index (χ3v) is 8.09. The molecule has 3 rings (SSSR count). The van der Waals surface area contributed by atoms with Gasteiger partial charge in [-0.1, -0.05) is 0 Å². The fourth-order valence-corrected chi connectivity index (χ4v) is 4.40. The highest BCUT2D eigenvalue weighted by Gasteiger charge is 2.44. The van der Waals surface area contributed by atoms with Crippen LogP contribution in [-0.4, -0.2) is 48.0 Å². The van der Waals surface area contributed by atoms with Crippen LogP contribution in [0.1, 0.15) is 32.6 Å². The quantitative estimate of drug-likeness (QED) is 0.429. The largest absolute Gasteiger partial charge is 0.350 e. The molecule has 11 heteroatoms. The Morgan fingerprint density at radius 1 is 1.48 bits per heavy atom. The Bertz CT molecular complexity index is 1010. The Morgan fingerprint density at radius 2 is 2.24 bits per heavy atom. The number of carbonyl (C=O) groups excluding carboxylic acids is 1. The number of rotatable bonds is 7. The minimum Gasteiger partial charge on any atom is -0.350 e. The Labute approximate surface area is 182 Å². The maximum absolute atomic E-state index is 14.2. The minimum atomic E-state index is -3.79. The highest BCUT2D eigenvalue weighted by atomic mass is 127. The molecule has 1 aromatic carbocycles. The van der Waals surface area contributed by atoms with Crippen molar-refractivity contribution in [3.63, 3.8) is 0 Å². The fourth-order valence-electron chi connectivity index (χ4n) is 3.09. The van der Waals surface area contributed by atoms with Crippen LogP contribution in [0.5, 0.6) is 0 Å². The molecule has 0 bridgehead atoms. The number of sulfone groups is 1. The van der Waals surface area contributed by atoms with E-state index in [1.54, 1.807) is 12.1 Å². The van der Waals surface area contributed by atoms with Gasteiger partial charge in [0, 0.05) is 29.4 Å². The number of halogens is 2. The zero-order chi connectivity index (χ0) is 21.2. The minimum absolute atomic E-state index is 0.0586. The summed E-state index contributed by atoms with van der Waals surface area (Å²) in [5, 5.41) is 4.50. The van der Waals surface area contributed by atoms with E-state index < -0.39 is 26.8 Å². The second kappa shape index (κ2) is 8.82. The van der Waals surface area contributed by atoms with Crippen molar-refractivity contribution in [2.75, 3.05) is 12.9 Å². The van der Waals surface area contributed by atoms with E-state index in [-0.39, 0.29) is 18.8 Å². The van der Waals surface area contributed by atoms with Gasteiger partial charge in [0.05, 0.1) is 17.1 Å². The topological polar surface area (TPSA) is 99.5 Å². The molecule has 2 unspecified atom stereocenters. The summed E-state index contributed by atoms with van der Waals surface area (Å²) in [5.41, 5.74) is 2.78. The van der Waals surface area contributed by atoms with Crippen LogP contribution in [0.2, 0.25) is 0 Å². The van der Waals surface area contributed by atoms with Crippen molar-refractivity contribution in [1.29, 1.82) is 0 Å². The summed E-state index contributed by atoms with van der Waals surface area (Å²) in [7, 11) is -3.79. The first kappa shape index (κ1) is 22.4. The molecule has 0 saturated carbocycles. The average molecular weight is 539 g/mol. The number of nitrogens with one attached hydrogen (secondary N) is 1. The molecule has 1 amide bonds. The lowest BCUT2D eigenvalue weighted by Gasteiger charge is -2.28. The molecule has 8 nitrogen and oxygen atoms in total. The molecule has 2 atom stereocenters. The number of carbonyl (C=O) groups is 1. The molecule has 0 spiro atoms. The van der Waals surface area contributed by atoms with Gasteiger partial charge in [0.25, 0.3) is 5.91 Å². The van der Waals surface area contributed by atoms with Crippen molar-refractivity contribution in [3.8, 4) is 0 Å². The summed E-state index contributed by atoms with van der Waals surface area (Å²) in [4.78, 5) is 18.0. The maximum atomic E-state index is 14.2. The van der Waals surface area contributed by atoms with Crippen molar-refractivity contribution in [1.82, 2.24) is 15.3 Å². The van der Waals surface area contributed by atoms with Crippen LogP contribution in [-0.2, 0) is 30.8 Å². The summed E-state index contributed by atoms with van der Waals surface area (Å²) >= 11 is 1.89. The summed E-state index contributed by atoms with van der Waals surface area (Å²) < 4.78 is 44.7. The molecule has 29 heavy (non-hydrogen) atoms. The molecule has 1 aliphatic rings. The van der Waals surface area contributed by atoms with Gasteiger partial charge < -0.3 is 4.74 Å². The van der Waals surface area contributed by atoms with Gasteiger partial charge >= 0.3 is 0 Å². The van der Waals surface area contributed by atoms with Crippen LogP contribution in [0.25, 0.3) is 10.9 Å². The number of amides is 1. The van der Waals surface area contributed by atoms with Gasteiger partial charge in [-0.15, -0.1) is 0 Å². The molecule has 2 aromatic rings. The molecular weight excluding hydrogens is 516 g/mol. The SMILES string of the molecule is CC(CCn1ncc2c(F)c(I)ccc21)(C(=O)NOC1CCCCO1)S(C)(=O)=O. The van der Waals surface area contributed by atoms with E-state index in [0.29, 0.717) is 27.5 Å². The fraction of sp³-hybridized carbons (Fsp3) is 0.556. The van der Waals surface area contributed by atoms with E-state index in [1.165, 1.54) is 17.8 Å². The number of hydrogen-bond acceptors (Lipinski definition) is 6. The molecule has 160 valence electrons. The van der Waals surface area contributed by atoms with Gasteiger partial charge in [-0.05, 0) is 60.9 Å². The van der Waals surface area contributed by atoms with Crippen molar-refractivity contribution in [2.24, 2.45) is 0 Å². The first-order valence-corrected chi connectivity index (χ1v) is 12.2. The Kier molecular flexibility index (Phi) is 6.81. The van der Waals surface area contributed by atoms with Crippen LogP contribution in [0.15, 0.2) is 18.3 Å². The summed E-state index contributed by atoms with van der Waals surface area (Å²) in [6.45, 7) is 1.99. The predicted octanol–water partition coefficient (Wildman–Crippen LogP) is 2.55. The van der Waals surface area contributed by atoms with Crippen molar-refractivity contribution < 1.29 is 27.2 Å². The van der Waals surface area contributed by atoms with Gasteiger partial charge in [0.1, 0.15) is 5.82 Å². The standard InChI is InChI=1S/C18H23FIN3O5S/c1-18(29(2,25)26,17(24)22-28-15-5-3-4-10-27-15)8-9-23-14-7-6-13(20)16(19)12(14)11-21-23/h6-7,11,15H,3-5,8-10H2,1-2H3,(H,22,24). The molecule has 2 heterocycles. The first-order valence-electron chi connectivity index (χ1n) is 9.20. The molecule has 1 aliphatic heterocycles. The van der Waals surface area contributed by atoms with Crippen molar-refractivity contribution in [2.45, 2.75) is 50.2 Å². The van der Waals surface area contributed by atoms with Crippen molar-refractivity contribution in [3.05, 3.63) is 27.7 Å². The molecule has 1 N–H and O–H groups in total. The molecule has 0 aliphatic carbocycles. The third-order valence-electron chi connectivity index (χ3n) is 5.23. The Hall–Kier alpha value is -1.31. The summed E-state index contributed by atoms with van der Waals surface area (Å²) in [6.07, 6.45) is 4.22. The zero-order valence-corrected chi connectivity index (χ0v) is 19.1. The Balaban J connectivity index is 1.75. The van der Waals surface area contributed by atoms with Gasteiger partial charge in [-0.2, -0.15) is 5.10 Å². The number of ether oxygens (including phenoxy) is 1. The van der Waals surface area contributed by atoms with E-state index in [9.17, 15) is 17.6 Å². The molecule has 1 fully saturated rings. The average Bonchev–Trinajstić information content (AvgIpc) is 3.10. The summed E-state index contributed by atoms with van der Waals surface area (Å²) in [5.74, 6) is -1.15. The highest BCUT2D eigenvalue weighted by Crippen LogP contribution is 2.26. The Morgan fingerprint density at radius 3 is 2.90 bits per heavy atom. The van der Waals surface area contributed by atoms with Crippen LogP contribution in [0.4, 0.5) is 4.39 Å². The predicted molar refractivity (Wildman–Crippen MR) is 113 cm³/mol. The molecule has 0 radical (unpaired) electrons. The smallest absolute Gasteiger partial charge is 0.264 e. The van der Waals surface area contributed by atoms with E-state index >= 15 is 0 Å². The number of aromatic nitrogens is 2. The second-order valence-electron chi connectivity index (χ2n) is 7.26. The maximum Gasteiger partial charge on any atom is 0.264 e. The van der Waals surface area contributed by atoms with Crippen LogP contribution >= 0.6 is 22.6 Å². The van der Waals surface area contributed by atoms with Crippen LogP contribution in [0, 0.1) is 9.39 Å². The molecule has 1 saturated heterocycles. The molecule has 1 aromatic heterocycles. The number of hydrogen-bond donors (Lipinski definition) is 1.